The smallest absolute Gasteiger partial charge is 0.407 e. The Bertz CT molecular complexity index is 666. The highest BCUT2D eigenvalue weighted by Gasteiger charge is 2.29. The van der Waals surface area contributed by atoms with Gasteiger partial charge in [0.1, 0.15) is 0 Å². The normalized spacial score (nSPS) is 16.3. The lowest BCUT2D eigenvalue weighted by molar-refractivity contribution is -0.124. The lowest BCUT2D eigenvalue weighted by Gasteiger charge is -2.29. The van der Waals surface area contributed by atoms with Crippen LogP contribution >= 0.6 is 11.6 Å². The SMILES string of the molecule is O=C(NS(=O)(=O)c1ccc(Cl)cc1)C1CCN(C(=O)O)CC1. The fourth-order valence-electron chi connectivity index (χ4n) is 2.22. The second kappa shape index (κ2) is 6.53. The Morgan fingerprint density at radius 2 is 1.73 bits per heavy atom. The van der Waals surface area contributed by atoms with Crippen LogP contribution in [0.3, 0.4) is 0 Å². The van der Waals surface area contributed by atoms with Crippen molar-refractivity contribution in [3.05, 3.63) is 29.3 Å². The summed E-state index contributed by atoms with van der Waals surface area (Å²) in [7, 11) is -3.94. The van der Waals surface area contributed by atoms with Gasteiger partial charge in [-0.05, 0) is 37.1 Å². The Kier molecular flexibility index (Phi) is 4.92. The third kappa shape index (κ3) is 3.89. The minimum Gasteiger partial charge on any atom is -0.465 e. The Balaban J connectivity index is 2.00. The number of sulfonamides is 1. The van der Waals surface area contributed by atoms with Crippen molar-refractivity contribution >= 4 is 33.6 Å². The molecule has 0 unspecified atom stereocenters. The molecule has 1 heterocycles. The Hall–Kier alpha value is -1.80. The van der Waals surface area contributed by atoms with E-state index in [1.807, 2.05) is 4.72 Å². The molecule has 0 radical (unpaired) electrons. The van der Waals surface area contributed by atoms with Crippen LogP contribution in [-0.2, 0) is 14.8 Å². The Morgan fingerprint density at radius 3 is 2.23 bits per heavy atom. The van der Waals surface area contributed by atoms with Gasteiger partial charge in [0, 0.05) is 24.0 Å². The number of piperidine rings is 1. The molecular formula is C13H15ClN2O5S. The number of carbonyl (C=O) groups is 2. The minimum atomic E-state index is -3.94. The molecule has 0 bridgehead atoms. The van der Waals surface area contributed by atoms with E-state index in [9.17, 15) is 18.0 Å². The first-order valence-electron chi connectivity index (χ1n) is 6.60. The molecule has 0 saturated carbocycles. The third-order valence-corrected chi connectivity index (χ3v) is 5.11. The molecule has 7 nitrogen and oxygen atoms in total. The Morgan fingerprint density at radius 1 is 1.18 bits per heavy atom. The maximum atomic E-state index is 12.1. The van der Waals surface area contributed by atoms with E-state index in [2.05, 4.69) is 0 Å². The summed E-state index contributed by atoms with van der Waals surface area (Å²) in [6.07, 6.45) is -0.435. The fourth-order valence-corrected chi connectivity index (χ4v) is 3.39. The molecule has 120 valence electrons. The number of carbonyl (C=O) groups excluding carboxylic acids is 1. The van der Waals surface area contributed by atoms with Crippen LogP contribution in [0, 0.1) is 5.92 Å². The first kappa shape index (κ1) is 16.6. The lowest BCUT2D eigenvalue weighted by Crippen LogP contribution is -2.43. The highest BCUT2D eigenvalue weighted by atomic mass is 35.5. The maximum absolute atomic E-state index is 12.1. The van der Waals surface area contributed by atoms with Crippen molar-refractivity contribution in [1.82, 2.24) is 9.62 Å². The quantitative estimate of drug-likeness (QED) is 0.863. The van der Waals surface area contributed by atoms with E-state index in [0.29, 0.717) is 17.9 Å². The highest BCUT2D eigenvalue weighted by molar-refractivity contribution is 7.90. The highest BCUT2D eigenvalue weighted by Crippen LogP contribution is 2.19. The predicted octanol–water partition coefficient (Wildman–Crippen LogP) is 1.53. The number of carboxylic acid groups (broad SMARTS) is 1. The van der Waals surface area contributed by atoms with Gasteiger partial charge in [0.2, 0.25) is 5.91 Å². The van der Waals surface area contributed by atoms with E-state index in [1.165, 1.54) is 29.2 Å². The second-order valence-corrected chi connectivity index (χ2v) is 7.09. The molecule has 1 aliphatic rings. The largest absolute Gasteiger partial charge is 0.465 e. The van der Waals surface area contributed by atoms with Crippen LogP contribution in [0.25, 0.3) is 0 Å². The van der Waals surface area contributed by atoms with Gasteiger partial charge >= 0.3 is 6.09 Å². The average molecular weight is 347 g/mol. The van der Waals surface area contributed by atoms with Crippen molar-refractivity contribution < 1.29 is 23.1 Å². The number of benzene rings is 1. The Labute approximate surface area is 132 Å². The molecule has 9 heteroatoms. The summed E-state index contributed by atoms with van der Waals surface area (Å²) in [6.45, 7) is 0.433. The molecule has 2 amide bonds. The molecule has 1 aromatic carbocycles. The summed E-state index contributed by atoms with van der Waals surface area (Å²) in [5.74, 6) is -1.13. The zero-order valence-electron chi connectivity index (χ0n) is 11.5. The molecule has 1 saturated heterocycles. The fraction of sp³-hybridized carbons (Fsp3) is 0.385. The first-order chi connectivity index (χ1) is 10.3. The zero-order valence-corrected chi connectivity index (χ0v) is 13.1. The number of rotatable bonds is 3. The van der Waals surface area contributed by atoms with Gasteiger partial charge in [-0.15, -0.1) is 0 Å². The first-order valence-corrected chi connectivity index (χ1v) is 8.46. The topological polar surface area (TPSA) is 104 Å². The summed E-state index contributed by atoms with van der Waals surface area (Å²) in [4.78, 5) is 24.0. The number of nitrogens with one attached hydrogen (secondary N) is 1. The van der Waals surface area contributed by atoms with E-state index in [1.54, 1.807) is 0 Å². The van der Waals surface area contributed by atoms with Gasteiger partial charge in [-0.2, -0.15) is 0 Å². The van der Waals surface area contributed by atoms with Gasteiger partial charge in [0.15, 0.2) is 0 Å². The van der Waals surface area contributed by atoms with Gasteiger partial charge in [0.25, 0.3) is 10.0 Å². The standard InChI is InChI=1S/C13H15ClN2O5S/c14-10-1-3-11(4-2-10)22(20,21)15-12(17)9-5-7-16(8-6-9)13(18)19/h1-4,9H,5-8H2,(H,15,17)(H,18,19). The van der Waals surface area contributed by atoms with E-state index < -0.39 is 27.9 Å². The zero-order chi connectivity index (χ0) is 16.3. The van der Waals surface area contributed by atoms with E-state index >= 15 is 0 Å². The van der Waals surface area contributed by atoms with Crippen molar-refractivity contribution in [2.45, 2.75) is 17.7 Å². The summed E-state index contributed by atoms with van der Waals surface area (Å²) >= 11 is 5.69. The van der Waals surface area contributed by atoms with Crippen molar-refractivity contribution in [2.75, 3.05) is 13.1 Å². The van der Waals surface area contributed by atoms with Gasteiger partial charge in [0.05, 0.1) is 4.90 Å². The summed E-state index contributed by atoms with van der Waals surface area (Å²) in [5, 5.41) is 9.23. The van der Waals surface area contributed by atoms with Crippen molar-refractivity contribution in [3.63, 3.8) is 0 Å². The summed E-state index contributed by atoms with van der Waals surface area (Å²) in [6, 6.07) is 5.47. The number of nitrogens with zero attached hydrogens (tertiary/aromatic N) is 1. The van der Waals surface area contributed by atoms with E-state index in [4.69, 9.17) is 16.7 Å². The lowest BCUT2D eigenvalue weighted by atomic mass is 9.97. The molecule has 1 aromatic rings. The van der Waals surface area contributed by atoms with E-state index in [0.717, 1.165) is 0 Å². The molecule has 1 aliphatic heterocycles. The number of halogens is 1. The average Bonchev–Trinajstić information content (AvgIpc) is 2.47. The minimum absolute atomic E-state index is 0.0479. The van der Waals surface area contributed by atoms with Crippen molar-refractivity contribution in [1.29, 1.82) is 0 Å². The third-order valence-electron chi connectivity index (χ3n) is 3.50. The number of hydrogen-bond donors (Lipinski definition) is 2. The van der Waals surface area contributed by atoms with Crippen LogP contribution in [0.4, 0.5) is 4.79 Å². The monoisotopic (exact) mass is 346 g/mol. The van der Waals surface area contributed by atoms with Crippen molar-refractivity contribution in [3.8, 4) is 0 Å². The molecule has 1 fully saturated rings. The van der Waals surface area contributed by atoms with Gasteiger partial charge in [-0.1, -0.05) is 11.6 Å². The summed E-state index contributed by atoms with van der Waals surface area (Å²) < 4.78 is 26.2. The van der Waals surface area contributed by atoms with Gasteiger partial charge in [-0.25, -0.2) is 17.9 Å². The molecule has 0 aliphatic carbocycles. The predicted molar refractivity (Wildman–Crippen MR) is 79.1 cm³/mol. The van der Waals surface area contributed by atoms with Crippen LogP contribution in [-0.4, -0.2) is 43.5 Å². The van der Waals surface area contributed by atoms with Crippen LogP contribution in [0.5, 0.6) is 0 Å². The molecule has 0 spiro atoms. The van der Waals surface area contributed by atoms with Crippen LogP contribution < -0.4 is 4.72 Å². The maximum Gasteiger partial charge on any atom is 0.407 e. The number of amides is 2. The molecule has 0 atom stereocenters. The van der Waals surface area contributed by atoms with Gasteiger partial charge < -0.3 is 10.0 Å². The van der Waals surface area contributed by atoms with Crippen LogP contribution in [0.2, 0.25) is 5.02 Å². The van der Waals surface area contributed by atoms with Crippen molar-refractivity contribution in [2.24, 2.45) is 5.92 Å². The van der Waals surface area contributed by atoms with Gasteiger partial charge in [-0.3, -0.25) is 4.79 Å². The molecule has 0 aromatic heterocycles. The molecule has 2 rings (SSSR count). The molecule has 22 heavy (non-hydrogen) atoms. The van der Waals surface area contributed by atoms with E-state index in [-0.39, 0.29) is 18.0 Å². The van der Waals surface area contributed by atoms with Crippen LogP contribution in [0.1, 0.15) is 12.8 Å². The second-order valence-electron chi connectivity index (χ2n) is 4.97. The number of hydrogen-bond acceptors (Lipinski definition) is 4. The van der Waals surface area contributed by atoms with Crippen LogP contribution in [0.15, 0.2) is 29.2 Å². The molecule has 2 N–H and O–H groups in total. The number of likely N-dealkylation sites (tertiary alicyclic amines) is 1. The summed E-state index contributed by atoms with van der Waals surface area (Å²) in [5.41, 5.74) is 0. The molecular weight excluding hydrogens is 332 g/mol.